The van der Waals surface area contributed by atoms with Crippen LogP contribution in [0.25, 0.3) is 22.0 Å². The van der Waals surface area contributed by atoms with Crippen molar-refractivity contribution in [3.05, 3.63) is 93.7 Å². The Hall–Kier alpha value is -3.84. The zero-order valence-corrected chi connectivity index (χ0v) is 19.4. The monoisotopic (exact) mass is 487 g/mol. The SMILES string of the molecule is O=C(O)C1[C@H](Cn2nnc3ccccc3c2=O)CC[C@@H]1C(=O)c1ccc(-c2ccc(Cl)cc2)cc1. The Kier molecular flexibility index (Phi) is 6.17. The summed E-state index contributed by atoms with van der Waals surface area (Å²) in [5.74, 6) is -3.20. The molecule has 1 saturated carbocycles. The number of carbonyl (C=O) groups excluding carboxylic acids is 1. The van der Waals surface area contributed by atoms with Gasteiger partial charge in [0.15, 0.2) is 5.78 Å². The van der Waals surface area contributed by atoms with Crippen LogP contribution in [0.2, 0.25) is 5.02 Å². The van der Waals surface area contributed by atoms with Gasteiger partial charge in [0, 0.05) is 16.5 Å². The number of nitrogens with zero attached hydrogens (tertiary/aromatic N) is 3. The van der Waals surface area contributed by atoms with E-state index < -0.39 is 23.7 Å². The fourth-order valence-electron chi connectivity index (χ4n) is 5.00. The van der Waals surface area contributed by atoms with Crippen molar-refractivity contribution in [2.45, 2.75) is 19.4 Å². The lowest BCUT2D eigenvalue weighted by molar-refractivity contribution is -0.144. The number of aliphatic carboxylic acids is 1. The third kappa shape index (κ3) is 4.47. The van der Waals surface area contributed by atoms with E-state index in [-0.39, 0.29) is 17.9 Å². The molecule has 0 saturated heterocycles. The van der Waals surface area contributed by atoms with Crippen LogP contribution in [-0.2, 0) is 11.3 Å². The molecule has 8 heteroatoms. The number of carbonyl (C=O) groups is 2. The minimum Gasteiger partial charge on any atom is -0.481 e. The fourth-order valence-corrected chi connectivity index (χ4v) is 5.13. The van der Waals surface area contributed by atoms with E-state index in [1.54, 1.807) is 48.5 Å². The molecular formula is C27H22ClN3O4. The minimum atomic E-state index is -1.04. The first-order valence-corrected chi connectivity index (χ1v) is 11.8. The molecule has 35 heavy (non-hydrogen) atoms. The second-order valence-corrected chi connectivity index (χ2v) is 9.29. The highest BCUT2D eigenvalue weighted by Crippen LogP contribution is 2.40. The number of ketones is 1. The Balaban J connectivity index is 1.36. The number of carboxylic acids is 1. The highest BCUT2D eigenvalue weighted by molar-refractivity contribution is 6.30. The lowest BCUT2D eigenvalue weighted by Crippen LogP contribution is -2.34. The van der Waals surface area contributed by atoms with Crippen molar-refractivity contribution < 1.29 is 14.7 Å². The first-order chi connectivity index (χ1) is 16.9. The first-order valence-electron chi connectivity index (χ1n) is 11.4. The molecule has 1 fully saturated rings. The van der Waals surface area contributed by atoms with Gasteiger partial charge in [-0.2, -0.15) is 0 Å². The van der Waals surface area contributed by atoms with Crippen molar-refractivity contribution in [3.63, 3.8) is 0 Å². The first kappa shape index (κ1) is 22.9. The van der Waals surface area contributed by atoms with Gasteiger partial charge in [-0.1, -0.05) is 65.3 Å². The summed E-state index contributed by atoms with van der Waals surface area (Å²) in [6, 6.07) is 21.5. The molecule has 176 valence electrons. The molecule has 0 aliphatic heterocycles. The molecule has 0 amide bonds. The number of aromatic nitrogens is 3. The van der Waals surface area contributed by atoms with Crippen LogP contribution in [0, 0.1) is 17.8 Å². The summed E-state index contributed by atoms with van der Waals surface area (Å²) in [5.41, 5.74) is 2.56. The van der Waals surface area contributed by atoms with E-state index in [4.69, 9.17) is 11.6 Å². The molecule has 0 bridgehead atoms. The van der Waals surface area contributed by atoms with E-state index in [9.17, 15) is 19.5 Å². The minimum absolute atomic E-state index is 0.104. The number of halogens is 1. The third-order valence-corrected chi connectivity index (χ3v) is 7.05. The maximum Gasteiger partial charge on any atom is 0.307 e. The summed E-state index contributed by atoms with van der Waals surface area (Å²) < 4.78 is 1.22. The van der Waals surface area contributed by atoms with Gasteiger partial charge in [-0.3, -0.25) is 14.4 Å². The quantitative estimate of drug-likeness (QED) is 0.395. The zero-order chi connectivity index (χ0) is 24.5. The van der Waals surface area contributed by atoms with Gasteiger partial charge in [0.05, 0.1) is 17.8 Å². The number of hydrogen-bond donors (Lipinski definition) is 1. The largest absolute Gasteiger partial charge is 0.481 e. The highest BCUT2D eigenvalue weighted by atomic mass is 35.5. The van der Waals surface area contributed by atoms with E-state index in [1.807, 2.05) is 24.3 Å². The van der Waals surface area contributed by atoms with Crippen molar-refractivity contribution in [1.29, 1.82) is 0 Å². The fraction of sp³-hybridized carbons (Fsp3) is 0.222. The van der Waals surface area contributed by atoms with Gasteiger partial charge in [0.2, 0.25) is 0 Å². The topological polar surface area (TPSA) is 102 Å². The summed E-state index contributed by atoms with van der Waals surface area (Å²) in [6.07, 6.45) is 0.951. The van der Waals surface area contributed by atoms with E-state index in [2.05, 4.69) is 10.3 Å². The molecule has 1 aliphatic rings. The maximum absolute atomic E-state index is 13.3. The van der Waals surface area contributed by atoms with Crippen LogP contribution in [0.4, 0.5) is 0 Å². The van der Waals surface area contributed by atoms with E-state index in [1.165, 1.54) is 4.68 Å². The molecule has 0 radical (unpaired) electrons. The van der Waals surface area contributed by atoms with Crippen LogP contribution in [-0.4, -0.2) is 31.9 Å². The maximum atomic E-state index is 13.3. The van der Waals surface area contributed by atoms with E-state index in [0.29, 0.717) is 34.3 Å². The average Bonchev–Trinajstić information content (AvgIpc) is 3.30. The van der Waals surface area contributed by atoms with Crippen molar-refractivity contribution in [1.82, 2.24) is 15.0 Å². The van der Waals surface area contributed by atoms with Crippen LogP contribution in [0.5, 0.6) is 0 Å². The van der Waals surface area contributed by atoms with Gasteiger partial charge in [-0.15, -0.1) is 5.10 Å². The Labute approximate surface area is 206 Å². The Morgan fingerprint density at radius 1 is 0.943 bits per heavy atom. The molecule has 0 spiro atoms. The van der Waals surface area contributed by atoms with E-state index >= 15 is 0 Å². The second kappa shape index (κ2) is 9.43. The molecule has 1 unspecified atom stereocenters. The summed E-state index contributed by atoms with van der Waals surface area (Å²) >= 11 is 5.96. The molecule has 3 aromatic carbocycles. The molecule has 7 nitrogen and oxygen atoms in total. The van der Waals surface area contributed by atoms with Crippen LogP contribution in [0.3, 0.4) is 0 Å². The van der Waals surface area contributed by atoms with Crippen LogP contribution >= 0.6 is 11.6 Å². The predicted molar refractivity (Wildman–Crippen MR) is 132 cm³/mol. The second-order valence-electron chi connectivity index (χ2n) is 8.85. The summed E-state index contributed by atoms with van der Waals surface area (Å²) in [5, 5.41) is 19.2. The predicted octanol–water partition coefficient (Wildman–Crippen LogP) is 4.72. The van der Waals surface area contributed by atoms with Gasteiger partial charge in [-0.05, 0) is 54.2 Å². The Bertz CT molecular complexity index is 1460. The van der Waals surface area contributed by atoms with Crippen LogP contribution in [0.1, 0.15) is 23.2 Å². The number of carboxylic acid groups (broad SMARTS) is 1. The summed E-state index contributed by atoms with van der Waals surface area (Å²) in [4.78, 5) is 38.4. The van der Waals surface area contributed by atoms with Crippen molar-refractivity contribution >= 4 is 34.3 Å². The molecular weight excluding hydrogens is 466 g/mol. The number of hydrogen-bond acceptors (Lipinski definition) is 5. The van der Waals surface area contributed by atoms with Gasteiger partial charge in [-0.25, -0.2) is 4.68 Å². The number of benzene rings is 3. The molecule has 5 rings (SSSR count). The zero-order valence-electron chi connectivity index (χ0n) is 18.7. The van der Waals surface area contributed by atoms with Gasteiger partial charge in [0.25, 0.3) is 5.56 Å². The molecule has 3 atom stereocenters. The number of rotatable bonds is 6. The van der Waals surface area contributed by atoms with E-state index in [0.717, 1.165) is 11.1 Å². The average molecular weight is 488 g/mol. The van der Waals surface area contributed by atoms with Gasteiger partial charge in [0.1, 0.15) is 5.52 Å². The lowest BCUT2D eigenvalue weighted by Gasteiger charge is -2.20. The van der Waals surface area contributed by atoms with Gasteiger partial charge < -0.3 is 5.11 Å². The normalized spacial score (nSPS) is 19.6. The summed E-state index contributed by atoms with van der Waals surface area (Å²) in [6.45, 7) is 0.104. The Morgan fingerprint density at radius 2 is 1.60 bits per heavy atom. The third-order valence-electron chi connectivity index (χ3n) is 6.80. The molecule has 1 heterocycles. The molecule has 1 aliphatic carbocycles. The smallest absolute Gasteiger partial charge is 0.307 e. The Morgan fingerprint density at radius 3 is 2.29 bits per heavy atom. The van der Waals surface area contributed by atoms with Crippen LogP contribution < -0.4 is 5.56 Å². The standard InChI is InChI=1S/C27H22ClN3O4/c28-20-12-9-17(10-13-20)16-5-7-18(8-6-16)25(32)22-14-11-19(24(22)27(34)35)15-31-26(33)21-3-1-2-4-23(21)29-30-31/h1-10,12-13,19,22,24H,11,14-15H2,(H,34,35)/t19-,22-,24?/m0/s1. The van der Waals surface area contributed by atoms with Crippen molar-refractivity contribution in [2.24, 2.45) is 17.8 Å². The van der Waals surface area contributed by atoms with Gasteiger partial charge >= 0.3 is 5.97 Å². The van der Waals surface area contributed by atoms with Crippen molar-refractivity contribution in [2.75, 3.05) is 0 Å². The molecule has 4 aromatic rings. The number of Topliss-reactive ketones (excluding diaryl/α,β-unsaturated/α-hetero) is 1. The van der Waals surface area contributed by atoms with Crippen LogP contribution in [0.15, 0.2) is 77.6 Å². The molecule has 1 aromatic heterocycles. The summed E-state index contributed by atoms with van der Waals surface area (Å²) in [7, 11) is 0. The van der Waals surface area contributed by atoms with Crippen molar-refractivity contribution in [3.8, 4) is 11.1 Å². The lowest BCUT2D eigenvalue weighted by atomic mass is 9.84. The molecule has 1 N–H and O–H groups in total. The number of fused-ring (bicyclic) bond motifs is 1. The highest BCUT2D eigenvalue weighted by Gasteiger charge is 2.45.